The number of non-ortho nitro benzene ring substituents is 1. The van der Waals surface area contributed by atoms with Crippen LogP contribution >= 0.6 is 15.9 Å². The number of phenolic OH excluding ortho intramolecular Hbond substituents is 1. The number of nitro benzene ring substituents is 1. The Morgan fingerprint density at radius 3 is 2.33 bits per heavy atom. The van der Waals surface area contributed by atoms with Crippen LogP contribution in [0, 0.1) is 10.1 Å². The molecule has 1 aromatic rings. The van der Waals surface area contributed by atoms with Gasteiger partial charge in [0.2, 0.25) is 0 Å². The van der Waals surface area contributed by atoms with Crippen LogP contribution < -0.4 is 0 Å². The summed E-state index contributed by atoms with van der Waals surface area (Å²) in [4.78, 5) is 9.24. The molecule has 0 saturated carbocycles. The largest absolute Gasteiger partial charge is 0.506 e. The smallest absolute Gasteiger partial charge is 0.417 e. The first kappa shape index (κ1) is 11.8. The number of phenols is 1. The molecule has 0 aliphatic carbocycles. The minimum absolute atomic E-state index is 0.351. The summed E-state index contributed by atoms with van der Waals surface area (Å²) in [5.74, 6) is -0.823. The molecule has 8 heteroatoms. The number of benzene rings is 1. The third-order valence-electron chi connectivity index (χ3n) is 1.55. The van der Waals surface area contributed by atoms with Crippen molar-refractivity contribution in [2.45, 2.75) is 6.18 Å². The highest BCUT2D eigenvalue weighted by atomic mass is 79.9. The summed E-state index contributed by atoms with van der Waals surface area (Å²) < 4.78 is 36.3. The van der Waals surface area contributed by atoms with Gasteiger partial charge >= 0.3 is 6.18 Å². The predicted molar refractivity (Wildman–Crippen MR) is 47.5 cm³/mol. The maximum atomic E-state index is 12.3. The van der Waals surface area contributed by atoms with Gasteiger partial charge in [-0.3, -0.25) is 10.1 Å². The van der Waals surface area contributed by atoms with E-state index >= 15 is 0 Å². The van der Waals surface area contributed by atoms with Crippen molar-refractivity contribution in [1.82, 2.24) is 0 Å². The molecule has 1 rings (SSSR count). The molecule has 0 saturated heterocycles. The third kappa shape index (κ3) is 2.38. The molecule has 0 amide bonds. The number of halogens is 4. The zero-order chi connectivity index (χ0) is 11.8. The van der Waals surface area contributed by atoms with Crippen LogP contribution in [0.5, 0.6) is 5.75 Å². The van der Waals surface area contributed by atoms with Crippen molar-refractivity contribution in [2.24, 2.45) is 0 Å². The second kappa shape index (κ2) is 3.69. The zero-order valence-corrected chi connectivity index (χ0v) is 8.46. The van der Waals surface area contributed by atoms with Gasteiger partial charge in [0.1, 0.15) is 5.75 Å². The van der Waals surface area contributed by atoms with Crippen LogP contribution in [0.4, 0.5) is 18.9 Å². The molecule has 0 aliphatic heterocycles. The van der Waals surface area contributed by atoms with Gasteiger partial charge in [0, 0.05) is 6.07 Å². The summed E-state index contributed by atoms with van der Waals surface area (Å²) >= 11 is 2.51. The molecule has 0 aliphatic rings. The van der Waals surface area contributed by atoms with Crippen LogP contribution in [-0.4, -0.2) is 10.0 Å². The number of alkyl halides is 3. The zero-order valence-electron chi connectivity index (χ0n) is 6.88. The molecule has 0 unspecified atom stereocenters. The van der Waals surface area contributed by atoms with Crippen LogP contribution in [0.1, 0.15) is 5.56 Å². The highest BCUT2D eigenvalue weighted by Gasteiger charge is 2.36. The summed E-state index contributed by atoms with van der Waals surface area (Å²) in [6, 6.07) is 0.989. The number of nitro groups is 1. The molecule has 0 bridgehead atoms. The summed E-state index contributed by atoms with van der Waals surface area (Å²) in [7, 11) is 0. The lowest BCUT2D eigenvalue weighted by Crippen LogP contribution is -2.07. The normalized spacial score (nSPS) is 11.5. The van der Waals surface area contributed by atoms with E-state index in [0.717, 1.165) is 0 Å². The highest BCUT2D eigenvalue weighted by Crippen LogP contribution is 2.41. The first-order valence-corrected chi connectivity index (χ1v) is 4.27. The minimum atomic E-state index is -4.76. The van der Waals surface area contributed by atoms with E-state index in [1.165, 1.54) is 0 Å². The van der Waals surface area contributed by atoms with Gasteiger partial charge in [-0.2, -0.15) is 13.2 Å². The Kier molecular flexibility index (Phi) is 2.89. The molecule has 15 heavy (non-hydrogen) atoms. The molecule has 1 aromatic carbocycles. The summed E-state index contributed by atoms with van der Waals surface area (Å²) in [5.41, 5.74) is -2.10. The topological polar surface area (TPSA) is 63.4 Å². The number of aromatic hydroxyl groups is 1. The van der Waals surface area contributed by atoms with Gasteiger partial charge in [0.05, 0.1) is 21.0 Å². The average molecular weight is 286 g/mol. The second-order valence-electron chi connectivity index (χ2n) is 2.58. The van der Waals surface area contributed by atoms with E-state index in [-0.39, 0.29) is 0 Å². The first-order valence-electron chi connectivity index (χ1n) is 3.47. The molecule has 0 fully saturated rings. The third-order valence-corrected chi connectivity index (χ3v) is 2.39. The molecule has 0 atom stereocenters. The van der Waals surface area contributed by atoms with Gasteiger partial charge < -0.3 is 5.11 Å². The predicted octanol–water partition coefficient (Wildman–Crippen LogP) is 3.08. The molecule has 0 spiro atoms. The molecular formula is C7H3BrF3NO3. The molecule has 4 nitrogen and oxygen atoms in total. The summed E-state index contributed by atoms with van der Waals surface area (Å²) in [5, 5.41) is 19.3. The second-order valence-corrected chi connectivity index (χ2v) is 3.37. The van der Waals surface area contributed by atoms with Crippen molar-refractivity contribution in [3.8, 4) is 5.75 Å². The number of rotatable bonds is 1. The van der Waals surface area contributed by atoms with Gasteiger partial charge in [-0.15, -0.1) is 0 Å². The SMILES string of the molecule is O=[N+]([O-])c1cc(O)c(Br)c(C(F)(F)F)c1. The first-order chi connectivity index (χ1) is 6.73. The Hall–Kier alpha value is -1.31. The Morgan fingerprint density at radius 2 is 1.93 bits per heavy atom. The van der Waals surface area contributed by atoms with Crippen molar-refractivity contribution >= 4 is 21.6 Å². The van der Waals surface area contributed by atoms with Gasteiger partial charge in [0.25, 0.3) is 5.69 Å². The van der Waals surface area contributed by atoms with Crippen LogP contribution in [0.15, 0.2) is 16.6 Å². The van der Waals surface area contributed by atoms with Crippen LogP contribution in [0.3, 0.4) is 0 Å². The van der Waals surface area contributed by atoms with Gasteiger partial charge in [-0.1, -0.05) is 0 Å². The molecule has 1 N–H and O–H groups in total. The summed E-state index contributed by atoms with van der Waals surface area (Å²) in [6.45, 7) is 0. The van der Waals surface area contributed by atoms with Crippen molar-refractivity contribution < 1.29 is 23.2 Å². The Balaban J connectivity index is 3.45. The van der Waals surface area contributed by atoms with Crippen molar-refractivity contribution in [3.63, 3.8) is 0 Å². The molecule has 0 heterocycles. The number of hydrogen-bond acceptors (Lipinski definition) is 3. The van der Waals surface area contributed by atoms with E-state index in [0.29, 0.717) is 12.1 Å². The Morgan fingerprint density at radius 1 is 1.40 bits per heavy atom. The van der Waals surface area contributed by atoms with E-state index < -0.39 is 32.6 Å². The number of nitrogens with zero attached hydrogens (tertiary/aromatic N) is 1. The molecular weight excluding hydrogens is 283 g/mol. The molecule has 82 valence electrons. The van der Waals surface area contributed by atoms with Crippen LogP contribution in [0.25, 0.3) is 0 Å². The lowest BCUT2D eigenvalue weighted by Gasteiger charge is -2.09. The lowest BCUT2D eigenvalue weighted by molar-refractivity contribution is -0.385. The monoisotopic (exact) mass is 285 g/mol. The van der Waals surface area contributed by atoms with Crippen LogP contribution in [0.2, 0.25) is 0 Å². The fraction of sp³-hybridized carbons (Fsp3) is 0.143. The van der Waals surface area contributed by atoms with Gasteiger partial charge in [0.15, 0.2) is 0 Å². The lowest BCUT2D eigenvalue weighted by atomic mass is 10.2. The minimum Gasteiger partial charge on any atom is -0.506 e. The Bertz CT molecular complexity index is 419. The van der Waals surface area contributed by atoms with Crippen molar-refractivity contribution in [2.75, 3.05) is 0 Å². The average Bonchev–Trinajstić information content (AvgIpc) is 2.06. The highest BCUT2D eigenvalue weighted by molar-refractivity contribution is 9.10. The molecule has 0 radical (unpaired) electrons. The standard InChI is InChI=1S/C7H3BrF3NO3/c8-6-4(7(9,10)11)1-3(12(14)15)2-5(6)13/h1-2,13H. The quantitative estimate of drug-likeness (QED) is 0.637. The van der Waals surface area contributed by atoms with Crippen LogP contribution in [-0.2, 0) is 6.18 Å². The maximum absolute atomic E-state index is 12.3. The number of hydrogen-bond donors (Lipinski definition) is 1. The van der Waals surface area contributed by atoms with E-state index in [2.05, 4.69) is 15.9 Å². The molecule has 0 aromatic heterocycles. The fourth-order valence-electron chi connectivity index (χ4n) is 0.906. The maximum Gasteiger partial charge on any atom is 0.417 e. The van der Waals surface area contributed by atoms with Crippen molar-refractivity contribution in [3.05, 3.63) is 32.3 Å². The fourth-order valence-corrected chi connectivity index (χ4v) is 1.36. The van der Waals surface area contributed by atoms with E-state index in [9.17, 15) is 23.3 Å². The van der Waals surface area contributed by atoms with E-state index in [4.69, 9.17) is 5.11 Å². The van der Waals surface area contributed by atoms with Crippen molar-refractivity contribution in [1.29, 1.82) is 0 Å². The van der Waals surface area contributed by atoms with Gasteiger partial charge in [-0.05, 0) is 15.9 Å². The Labute approximate surface area is 89.6 Å². The van der Waals surface area contributed by atoms with Gasteiger partial charge in [-0.25, -0.2) is 0 Å². The van der Waals surface area contributed by atoms with E-state index in [1.807, 2.05) is 0 Å². The summed E-state index contributed by atoms with van der Waals surface area (Å²) in [6.07, 6.45) is -4.76. The van der Waals surface area contributed by atoms with E-state index in [1.54, 1.807) is 0 Å².